The van der Waals surface area contributed by atoms with Gasteiger partial charge in [0.1, 0.15) is 0 Å². The first kappa shape index (κ1) is 10.5. The smallest absolute Gasteiger partial charge is 0.221 e. The number of aromatic nitrogens is 2. The van der Waals surface area contributed by atoms with Gasteiger partial charge >= 0.3 is 0 Å². The second-order valence-corrected chi connectivity index (χ2v) is 4.27. The molecule has 6 heteroatoms. The molecule has 1 aliphatic carbocycles. The van der Waals surface area contributed by atoms with Gasteiger partial charge in [0.25, 0.3) is 0 Å². The molecule has 15 heavy (non-hydrogen) atoms. The molecule has 0 saturated heterocycles. The highest BCUT2D eigenvalue weighted by molar-refractivity contribution is 7.03. The van der Waals surface area contributed by atoms with E-state index in [1.165, 1.54) is 11.5 Å². The zero-order valence-corrected chi connectivity index (χ0v) is 9.22. The van der Waals surface area contributed by atoms with Crippen LogP contribution in [0.15, 0.2) is 5.38 Å². The van der Waals surface area contributed by atoms with Crippen molar-refractivity contribution in [3.63, 3.8) is 0 Å². The van der Waals surface area contributed by atoms with E-state index in [1.807, 2.05) is 5.38 Å². The number of hydrogen-bond donors (Lipinski definition) is 2. The first-order valence-electron chi connectivity index (χ1n) is 5.10. The lowest BCUT2D eigenvalue weighted by Gasteiger charge is -2.03. The fourth-order valence-electron chi connectivity index (χ4n) is 1.21. The fraction of sp³-hybridized carbons (Fsp3) is 0.667. The van der Waals surface area contributed by atoms with Gasteiger partial charge in [0.05, 0.1) is 5.69 Å². The first-order chi connectivity index (χ1) is 7.34. The van der Waals surface area contributed by atoms with Gasteiger partial charge in [-0.15, -0.1) is 5.10 Å². The van der Waals surface area contributed by atoms with Crippen molar-refractivity contribution in [2.45, 2.75) is 31.8 Å². The normalized spacial score (nSPS) is 15.2. The molecule has 0 atom stereocenters. The molecule has 1 saturated carbocycles. The molecule has 0 spiro atoms. The van der Waals surface area contributed by atoms with E-state index in [9.17, 15) is 4.79 Å². The molecule has 0 aliphatic heterocycles. The lowest BCUT2D eigenvalue weighted by atomic mass is 10.3. The van der Waals surface area contributed by atoms with Crippen LogP contribution in [0.25, 0.3) is 0 Å². The molecule has 2 rings (SSSR count). The number of hydrogen-bond acceptors (Lipinski definition) is 5. The Kier molecular flexibility index (Phi) is 3.63. The van der Waals surface area contributed by atoms with Crippen molar-refractivity contribution in [1.29, 1.82) is 0 Å². The van der Waals surface area contributed by atoms with E-state index in [4.69, 9.17) is 0 Å². The van der Waals surface area contributed by atoms with Gasteiger partial charge in [-0.05, 0) is 24.4 Å². The summed E-state index contributed by atoms with van der Waals surface area (Å²) in [5.41, 5.74) is 0.933. The molecule has 1 amide bonds. The topological polar surface area (TPSA) is 66.9 Å². The Morgan fingerprint density at radius 2 is 2.47 bits per heavy atom. The van der Waals surface area contributed by atoms with Crippen LogP contribution in [0.4, 0.5) is 0 Å². The van der Waals surface area contributed by atoms with E-state index in [0.29, 0.717) is 25.6 Å². The van der Waals surface area contributed by atoms with E-state index in [2.05, 4.69) is 20.2 Å². The van der Waals surface area contributed by atoms with Gasteiger partial charge in [0.2, 0.25) is 5.91 Å². The van der Waals surface area contributed by atoms with Crippen molar-refractivity contribution < 1.29 is 4.79 Å². The molecule has 1 aromatic rings. The monoisotopic (exact) mass is 226 g/mol. The van der Waals surface area contributed by atoms with Crippen molar-refractivity contribution >= 4 is 17.4 Å². The van der Waals surface area contributed by atoms with Crippen LogP contribution >= 0.6 is 11.5 Å². The number of nitrogens with one attached hydrogen (secondary N) is 2. The predicted octanol–water partition coefficient (Wildman–Crippen LogP) is 0.296. The van der Waals surface area contributed by atoms with E-state index < -0.39 is 0 Å². The Morgan fingerprint density at radius 3 is 3.13 bits per heavy atom. The van der Waals surface area contributed by atoms with Crippen LogP contribution < -0.4 is 10.6 Å². The second-order valence-electron chi connectivity index (χ2n) is 3.66. The molecule has 0 bridgehead atoms. The van der Waals surface area contributed by atoms with Crippen LogP contribution in [0.3, 0.4) is 0 Å². The summed E-state index contributed by atoms with van der Waals surface area (Å²) in [6, 6.07) is 0.459. The number of rotatable bonds is 6. The molecular formula is C9H14N4OS. The molecule has 1 fully saturated rings. The average Bonchev–Trinajstić information content (AvgIpc) is 2.87. The molecule has 0 unspecified atom stereocenters. The van der Waals surface area contributed by atoms with E-state index in [0.717, 1.165) is 18.5 Å². The van der Waals surface area contributed by atoms with E-state index in [-0.39, 0.29) is 5.91 Å². The van der Waals surface area contributed by atoms with Crippen molar-refractivity contribution in [3.8, 4) is 0 Å². The third kappa shape index (κ3) is 3.93. The molecule has 0 aromatic carbocycles. The molecule has 1 heterocycles. The fourth-order valence-corrected chi connectivity index (χ4v) is 1.66. The summed E-state index contributed by atoms with van der Waals surface area (Å²) in [6.07, 6.45) is 2.82. The minimum absolute atomic E-state index is 0.140. The predicted molar refractivity (Wildman–Crippen MR) is 57.4 cm³/mol. The maximum Gasteiger partial charge on any atom is 0.221 e. The molecule has 1 aromatic heterocycles. The lowest BCUT2D eigenvalue weighted by molar-refractivity contribution is -0.121. The lowest BCUT2D eigenvalue weighted by Crippen LogP contribution is -2.29. The Balaban J connectivity index is 1.52. The van der Waals surface area contributed by atoms with Crippen molar-refractivity contribution in [2.24, 2.45) is 0 Å². The Hall–Kier alpha value is -1.01. The quantitative estimate of drug-likeness (QED) is 0.684. The molecule has 0 radical (unpaired) electrons. The summed E-state index contributed by atoms with van der Waals surface area (Å²) < 4.78 is 3.76. The van der Waals surface area contributed by atoms with Crippen LogP contribution in [0.5, 0.6) is 0 Å². The Labute approximate surface area is 92.4 Å². The second kappa shape index (κ2) is 5.18. The van der Waals surface area contributed by atoms with E-state index >= 15 is 0 Å². The van der Waals surface area contributed by atoms with Crippen molar-refractivity contribution in [2.75, 3.05) is 6.54 Å². The van der Waals surface area contributed by atoms with Crippen LogP contribution in [-0.2, 0) is 11.3 Å². The third-order valence-electron chi connectivity index (χ3n) is 2.18. The zero-order valence-electron chi connectivity index (χ0n) is 8.40. The highest BCUT2D eigenvalue weighted by Crippen LogP contribution is 2.18. The van der Waals surface area contributed by atoms with Gasteiger partial charge in [-0.3, -0.25) is 4.79 Å². The van der Waals surface area contributed by atoms with Gasteiger partial charge in [-0.1, -0.05) is 4.49 Å². The summed E-state index contributed by atoms with van der Waals surface area (Å²) in [6.45, 7) is 1.38. The zero-order chi connectivity index (χ0) is 10.5. The maximum absolute atomic E-state index is 11.3. The van der Waals surface area contributed by atoms with Gasteiger partial charge in [0, 0.05) is 30.9 Å². The highest BCUT2D eigenvalue weighted by atomic mass is 32.1. The molecule has 82 valence electrons. The minimum atomic E-state index is 0.140. The molecule has 1 aliphatic rings. The van der Waals surface area contributed by atoms with Crippen molar-refractivity contribution in [1.82, 2.24) is 20.2 Å². The summed E-state index contributed by atoms with van der Waals surface area (Å²) in [4.78, 5) is 11.3. The summed E-state index contributed by atoms with van der Waals surface area (Å²) in [5, 5.41) is 11.9. The van der Waals surface area contributed by atoms with Crippen LogP contribution in [0.2, 0.25) is 0 Å². The third-order valence-corrected chi connectivity index (χ3v) is 2.74. The van der Waals surface area contributed by atoms with Gasteiger partial charge in [-0.25, -0.2) is 0 Å². The number of amides is 1. The SMILES string of the molecule is O=C(CCNCc1csnn1)NC1CC1. The minimum Gasteiger partial charge on any atom is -0.353 e. The summed E-state index contributed by atoms with van der Waals surface area (Å²) in [7, 11) is 0. The van der Waals surface area contributed by atoms with Crippen LogP contribution in [0.1, 0.15) is 25.0 Å². The molecule has 5 nitrogen and oxygen atoms in total. The van der Waals surface area contributed by atoms with Gasteiger partial charge in [0.15, 0.2) is 0 Å². The first-order valence-corrected chi connectivity index (χ1v) is 5.94. The largest absolute Gasteiger partial charge is 0.353 e. The maximum atomic E-state index is 11.3. The van der Waals surface area contributed by atoms with Crippen LogP contribution in [-0.4, -0.2) is 28.1 Å². The number of carbonyl (C=O) groups is 1. The van der Waals surface area contributed by atoms with Crippen molar-refractivity contribution in [3.05, 3.63) is 11.1 Å². The average molecular weight is 226 g/mol. The summed E-state index contributed by atoms with van der Waals surface area (Å²) in [5.74, 6) is 0.140. The Bertz CT molecular complexity index is 310. The number of nitrogens with zero attached hydrogens (tertiary/aromatic N) is 2. The van der Waals surface area contributed by atoms with E-state index in [1.54, 1.807) is 0 Å². The molecule has 2 N–H and O–H groups in total. The summed E-state index contributed by atoms with van der Waals surface area (Å²) >= 11 is 1.34. The molecular weight excluding hydrogens is 212 g/mol. The number of carbonyl (C=O) groups excluding carboxylic acids is 1. The van der Waals surface area contributed by atoms with Crippen LogP contribution in [0, 0.1) is 0 Å². The van der Waals surface area contributed by atoms with Gasteiger partial charge < -0.3 is 10.6 Å². The Morgan fingerprint density at radius 1 is 1.60 bits per heavy atom. The highest BCUT2D eigenvalue weighted by Gasteiger charge is 2.22. The van der Waals surface area contributed by atoms with Gasteiger partial charge in [-0.2, -0.15) is 0 Å². The standard InChI is InChI=1S/C9H14N4OS/c14-9(11-7-1-2-7)3-4-10-5-8-6-15-13-12-8/h6-7,10H,1-5H2,(H,11,14).